The molecule has 0 aliphatic carbocycles. The Morgan fingerprint density at radius 3 is 2.52 bits per heavy atom. The molecule has 1 heterocycles. The first-order chi connectivity index (χ1) is 9.89. The second-order valence-electron chi connectivity index (χ2n) is 6.50. The summed E-state index contributed by atoms with van der Waals surface area (Å²) in [4.78, 5) is 26.3. The van der Waals surface area contributed by atoms with E-state index in [1.807, 2.05) is 51.1 Å². The minimum atomic E-state index is -0.470. The van der Waals surface area contributed by atoms with Crippen molar-refractivity contribution in [2.24, 2.45) is 5.41 Å². The Kier molecular flexibility index (Phi) is 4.66. The van der Waals surface area contributed by atoms with E-state index in [9.17, 15) is 9.59 Å². The van der Waals surface area contributed by atoms with Crippen LogP contribution in [0.1, 0.15) is 39.2 Å². The molecule has 0 N–H and O–H groups in total. The van der Waals surface area contributed by atoms with Crippen molar-refractivity contribution in [3.63, 3.8) is 0 Å². The first kappa shape index (κ1) is 15.5. The third-order valence-corrected chi connectivity index (χ3v) is 3.65. The molecule has 114 valence electrons. The molecule has 1 amide bonds. The maximum atomic E-state index is 12.4. The lowest BCUT2D eigenvalue weighted by Gasteiger charge is -2.29. The van der Waals surface area contributed by atoms with Gasteiger partial charge in [-0.05, 0) is 18.4 Å². The zero-order valence-corrected chi connectivity index (χ0v) is 13.0. The molecule has 1 aliphatic heterocycles. The number of nitrogens with zero attached hydrogens (tertiary/aromatic N) is 1. The highest BCUT2D eigenvalue weighted by atomic mass is 16.5. The summed E-state index contributed by atoms with van der Waals surface area (Å²) in [5.41, 5.74) is 0.486. The highest BCUT2D eigenvalue weighted by molar-refractivity contribution is 5.88. The fourth-order valence-electron chi connectivity index (χ4n) is 2.51. The average molecular weight is 289 g/mol. The summed E-state index contributed by atoms with van der Waals surface area (Å²) in [5.74, 6) is -0.282. The zero-order valence-electron chi connectivity index (χ0n) is 13.0. The second-order valence-corrected chi connectivity index (χ2v) is 6.50. The molecule has 4 heteroatoms. The number of benzene rings is 1. The Morgan fingerprint density at radius 2 is 1.90 bits per heavy atom. The van der Waals surface area contributed by atoms with Gasteiger partial charge in [-0.15, -0.1) is 0 Å². The maximum Gasteiger partial charge on any atom is 0.329 e. The van der Waals surface area contributed by atoms with Crippen LogP contribution < -0.4 is 0 Å². The van der Waals surface area contributed by atoms with Crippen molar-refractivity contribution < 1.29 is 14.3 Å². The van der Waals surface area contributed by atoms with Crippen molar-refractivity contribution in [1.82, 2.24) is 4.90 Å². The monoisotopic (exact) mass is 289 g/mol. The van der Waals surface area contributed by atoms with Crippen molar-refractivity contribution in [3.8, 4) is 0 Å². The normalized spacial score (nSPS) is 18.6. The number of hydrogen-bond donors (Lipinski definition) is 0. The number of hydrogen-bond acceptors (Lipinski definition) is 3. The van der Waals surface area contributed by atoms with Gasteiger partial charge in [0.15, 0.2) is 0 Å². The fourth-order valence-corrected chi connectivity index (χ4v) is 2.51. The minimum absolute atomic E-state index is 0.0154. The van der Waals surface area contributed by atoms with E-state index in [-0.39, 0.29) is 18.5 Å². The van der Waals surface area contributed by atoms with Crippen LogP contribution in [0.2, 0.25) is 0 Å². The van der Waals surface area contributed by atoms with Crippen LogP contribution in [0.15, 0.2) is 30.3 Å². The first-order valence-electron chi connectivity index (χ1n) is 7.41. The van der Waals surface area contributed by atoms with Gasteiger partial charge in [0.25, 0.3) is 0 Å². The highest BCUT2D eigenvalue weighted by Gasteiger charge is 2.39. The Balaban J connectivity index is 1.96. The summed E-state index contributed by atoms with van der Waals surface area (Å²) in [6, 6.07) is 9.15. The zero-order chi connectivity index (χ0) is 15.5. The van der Waals surface area contributed by atoms with E-state index in [0.29, 0.717) is 13.0 Å². The molecule has 1 saturated heterocycles. The van der Waals surface area contributed by atoms with Crippen molar-refractivity contribution in [2.75, 3.05) is 6.54 Å². The van der Waals surface area contributed by atoms with Crippen LogP contribution in [0.5, 0.6) is 0 Å². The van der Waals surface area contributed by atoms with E-state index in [2.05, 4.69) is 0 Å². The van der Waals surface area contributed by atoms with Gasteiger partial charge in [0, 0.05) is 12.0 Å². The third-order valence-electron chi connectivity index (χ3n) is 3.65. The van der Waals surface area contributed by atoms with E-state index in [1.165, 1.54) is 0 Å². The first-order valence-corrected chi connectivity index (χ1v) is 7.41. The largest absolute Gasteiger partial charge is 0.459 e. The van der Waals surface area contributed by atoms with E-state index in [4.69, 9.17) is 4.74 Å². The molecule has 1 fully saturated rings. The standard InChI is InChI=1S/C17H23NO3/c1-17(2,3)16(20)18-11-7-10-14(18)15(19)21-12-13-8-5-4-6-9-13/h4-6,8-9,14H,7,10-12H2,1-3H3/t14-/m1/s1. The summed E-state index contributed by atoms with van der Waals surface area (Å²) < 4.78 is 5.37. The van der Waals surface area contributed by atoms with Crippen molar-refractivity contribution >= 4 is 11.9 Å². The summed E-state index contributed by atoms with van der Waals surface area (Å²) in [6.45, 7) is 6.52. The Labute approximate surface area is 126 Å². The third kappa shape index (κ3) is 3.84. The van der Waals surface area contributed by atoms with Gasteiger partial charge >= 0.3 is 5.97 Å². The topological polar surface area (TPSA) is 46.6 Å². The van der Waals surface area contributed by atoms with E-state index in [1.54, 1.807) is 4.90 Å². The Morgan fingerprint density at radius 1 is 1.24 bits per heavy atom. The maximum absolute atomic E-state index is 12.4. The molecular weight excluding hydrogens is 266 g/mol. The molecule has 0 radical (unpaired) electrons. The van der Waals surface area contributed by atoms with Gasteiger partial charge in [0.05, 0.1) is 0 Å². The Bertz CT molecular complexity index is 505. The van der Waals surface area contributed by atoms with Gasteiger partial charge in [-0.1, -0.05) is 51.1 Å². The molecule has 1 aliphatic rings. The lowest BCUT2D eigenvalue weighted by atomic mass is 9.94. The predicted octanol–water partition coefficient (Wildman–Crippen LogP) is 2.77. The van der Waals surface area contributed by atoms with Gasteiger partial charge in [0.1, 0.15) is 12.6 Å². The van der Waals surface area contributed by atoms with Crippen LogP contribution in [-0.2, 0) is 20.9 Å². The highest BCUT2D eigenvalue weighted by Crippen LogP contribution is 2.26. The van der Waals surface area contributed by atoms with Crippen LogP contribution in [0, 0.1) is 5.41 Å². The molecule has 1 atom stereocenters. The van der Waals surface area contributed by atoms with Crippen LogP contribution >= 0.6 is 0 Å². The summed E-state index contributed by atoms with van der Waals surface area (Å²) in [5, 5.41) is 0. The molecular formula is C17H23NO3. The second kappa shape index (κ2) is 6.29. The summed E-state index contributed by atoms with van der Waals surface area (Å²) in [6.07, 6.45) is 1.54. The van der Waals surface area contributed by atoms with Gasteiger partial charge in [0.2, 0.25) is 5.91 Å². The molecule has 0 aromatic heterocycles. The van der Waals surface area contributed by atoms with Crippen LogP contribution in [0.4, 0.5) is 0 Å². The number of carbonyl (C=O) groups is 2. The summed E-state index contributed by atoms with van der Waals surface area (Å²) >= 11 is 0. The van der Waals surface area contributed by atoms with Gasteiger partial charge < -0.3 is 9.64 Å². The molecule has 2 rings (SSSR count). The average Bonchev–Trinajstić information content (AvgIpc) is 2.93. The van der Waals surface area contributed by atoms with Gasteiger partial charge in [-0.25, -0.2) is 4.79 Å². The number of likely N-dealkylation sites (tertiary alicyclic amines) is 1. The molecule has 4 nitrogen and oxygen atoms in total. The Hall–Kier alpha value is -1.84. The lowest BCUT2D eigenvalue weighted by molar-refractivity contribution is -0.157. The molecule has 1 aromatic carbocycles. The van der Waals surface area contributed by atoms with Crippen LogP contribution in [0.25, 0.3) is 0 Å². The summed E-state index contributed by atoms with van der Waals surface area (Å²) in [7, 11) is 0. The molecule has 0 unspecified atom stereocenters. The number of carbonyl (C=O) groups excluding carboxylic acids is 2. The minimum Gasteiger partial charge on any atom is -0.459 e. The molecule has 0 saturated carbocycles. The number of amides is 1. The predicted molar refractivity (Wildman–Crippen MR) is 80.4 cm³/mol. The molecule has 0 spiro atoms. The molecule has 0 bridgehead atoms. The van der Waals surface area contributed by atoms with E-state index < -0.39 is 11.5 Å². The van der Waals surface area contributed by atoms with Crippen molar-refractivity contribution in [1.29, 1.82) is 0 Å². The van der Waals surface area contributed by atoms with E-state index >= 15 is 0 Å². The van der Waals surface area contributed by atoms with Crippen molar-refractivity contribution in [2.45, 2.75) is 46.3 Å². The molecule has 1 aromatic rings. The lowest BCUT2D eigenvalue weighted by Crippen LogP contribution is -2.46. The quantitative estimate of drug-likeness (QED) is 0.804. The number of esters is 1. The van der Waals surface area contributed by atoms with Crippen LogP contribution in [-0.4, -0.2) is 29.4 Å². The van der Waals surface area contributed by atoms with Gasteiger partial charge in [-0.3, -0.25) is 4.79 Å². The SMILES string of the molecule is CC(C)(C)C(=O)N1CCC[C@@H]1C(=O)OCc1ccccc1. The van der Waals surface area contributed by atoms with Gasteiger partial charge in [-0.2, -0.15) is 0 Å². The van der Waals surface area contributed by atoms with E-state index in [0.717, 1.165) is 12.0 Å². The molecule has 21 heavy (non-hydrogen) atoms. The van der Waals surface area contributed by atoms with Crippen LogP contribution in [0.3, 0.4) is 0 Å². The fraction of sp³-hybridized carbons (Fsp3) is 0.529. The number of ether oxygens (including phenoxy) is 1. The smallest absolute Gasteiger partial charge is 0.329 e. The number of rotatable bonds is 3. The van der Waals surface area contributed by atoms with Crippen molar-refractivity contribution in [3.05, 3.63) is 35.9 Å².